The molecule has 1 fully saturated rings. The summed E-state index contributed by atoms with van der Waals surface area (Å²) in [6.07, 6.45) is 1.11. The fourth-order valence-electron chi connectivity index (χ4n) is 2.21. The van der Waals surface area contributed by atoms with E-state index in [1.54, 1.807) is 6.07 Å². The quantitative estimate of drug-likeness (QED) is 0.795. The predicted molar refractivity (Wildman–Crippen MR) is 64.2 cm³/mol. The first-order chi connectivity index (χ1) is 7.10. The van der Waals surface area contributed by atoms with Crippen LogP contribution in [-0.2, 0) is 5.54 Å². The van der Waals surface area contributed by atoms with Crippen LogP contribution in [0.5, 0.6) is 0 Å². The number of benzene rings is 1. The largest absolute Gasteiger partial charge is 0.393 e. The Balaban J connectivity index is 0.00000128. The van der Waals surface area contributed by atoms with Crippen molar-refractivity contribution in [2.45, 2.75) is 31.4 Å². The average molecular weight is 246 g/mol. The number of aliphatic hydroxyl groups is 1. The van der Waals surface area contributed by atoms with E-state index < -0.39 is 0 Å². The molecule has 2 nitrogen and oxygen atoms in total. The van der Waals surface area contributed by atoms with Gasteiger partial charge in [-0.05, 0) is 44.0 Å². The first-order valence-corrected chi connectivity index (χ1v) is 5.29. The third kappa shape index (κ3) is 2.73. The fourth-order valence-corrected chi connectivity index (χ4v) is 2.21. The molecule has 2 unspecified atom stereocenters. The second-order valence-electron chi connectivity index (χ2n) is 4.42. The van der Waals surface area contributed by atoms with Crippen molar-refractivity contribution in [3.05, 3.63) is 35.6 Å². The molecule has 0 radical (unpaired) electrons. The Morgan fingerprint density at radius 3 is 2.88 bits per heavy atom. The molecule has 0 saturated carbocycles. The molecule has 1 aliphatic heterocycles. The van der Waals surface area contributed by atoms with Crippen molar-refractivity contribution >= 4 is 12.4 Å². The molecular weight excluding hydrogens is 229 g/mol. The summed E-state index contributed by atoms with van der Waals surface area (Å²) in [4.78, 5) is 0. The summed E-state index contributed by atoms with van der Waals surface area (Å²) < 4.78 is 13.1. The highest BCUT2D eigenvalue weighted by molar-refractivity contribution is 5.85. The van der Waals surface area contributed by atoms with E-state index in [9.17, 15) is 9.50 Å². The van der Waals surface area contributed by atoms with Crippen molar-refractivity contribution in [2.24, 2.45) is 0 Å². The fraction of sp³-hybridized carbons (Fsp3) is 0.500. The van der Waals surface area contributed by atoms with Gasteiger partial charge in [0, 0.05) is 5.54 Å². The summed E-state index contributed by atoms with van der Waals surface area (Å²) in [7, 11) is 0. The molecule has 4 heteroatoms. The molecule has 0 spiro atoms. The van der Waals surface area contributed by atoms with Gasteiger partial charge in [-0.3, -0.25) is 0 Å². The van der Waals surface area contributed by atoms with Crippen molar-refractivity contribution in [2.75, 3.05) is 6.54 Å². The highest BCUT2D eigenvalue weighted by Gasteiger charge is 2.32. The molecule has 0 aromatic heterocycles. The third-order valence-corrected chi connectivity index (χ3v) is 3.10. The number of halogens is 2. The second kappa shape index (κ2) is 5.13. The first-order valence-electron chi connectivity index (χ1n) is 5.29. The molecule has 2 N–H and O–H groups in total. The zero-order valence-corrected chi connectivity index (χ0v) is 10.1. The van der Waals surface area contributed by atoms with E-state index in [1.807, 2.05) is 13.0 Å². The molecule has 0 aliphatic carbocycles. The number of hydrogen-bond donors (Lipinski definition) is 2. The van der Waals surface area contributed by atoms with Crippen LogP contribution in [0.4, 0.5) is 4.39 Å². The van der Waals surface area contributed by atoms with E-state index in [2.05, 4.69) is 5.32 Å². The first kappa shape index (κ1) is 13.4. The van der Waals surface area contributed by atoms with Crippen LogP contribution in [0, 0.1) is 5.82 Å². The maximum atomic E-state index is 13.1. The maximum absolute atomic E-state index is 13.1. The molecule has 2 atom stereocenters. The van der Waals surface area contributed by atoms with Crippen LogP contribution in [0.3, 0.4) is 0 Å². The Bertz CT molecular complexity index is 361. The summed E-state index contributed by atoms with van der Waals surface area (Å²) in [6, 6.07) is 6.57. The Morgan fingerprint density at radius 2 is 2.25 bits per heavy atom. The molecule has 1 heterocycles. The van der Waals surface area contributed by atoms with E-state index in [4.69, 9.17) is 0 Å². The van der Waals surface area contributed by atoms with Gasteiger partial charge in [0.1, 0.15) is 5.82 Å². The van der Waals surface area contributed by atoms with Gasteiger partial charge in [-0.1, -0.05) is 12.1 Å². The number of hydrogen-bond acceptors (Lipinski definition) is 2. The van der Waals surface area contributed by atoms with Gasteiger partial charge >= 0.3 is 0 Å². The Morgan fingerprint density at radius 1 is 1.50 bits per heavy atom. The van der Waals surface area contributed by atoms with Crippen molar-refractivity contribution < 1.29 is 9.50 Å². The molecule has 1 saturated heterocycles. The van der Waals surface area contributed by atoms with Crippen LogP contribution in [-0.4, -0.2) is 17.8 Å². The van der Waals surface area contributed by atoms with Crippen LogP contribution >= 0.6 is 12.4 Å². The average Bonchev–Trinajstić information content (AvgIpc) is 2.17. The topological polar surface area (TPSA) is 32.3 Å². The van der Waals surface area contributed by atoms with Crippen LogP contribution in [0.2, 0.25) is 0 Å². The van der Waals surface area contributed by atoms with Crippen LogP contribution in [0.15, 0.2) is 24.3 Å². The summed E-state index contributed by atoms with van der Waals surface area (Å²) in [5.74, 6) is -0.226. The smallest absolute Gasteiger partial charge is 0.123 e. The van der Waals surface area contributed by atoms with Crippen molar-refractivity contribution in [3.8, 4) is 0 Å². The van der Waals surface area contributed by atoms with Gasteiger partial charge in [0.2, 0.25) is 0 Å². The zero-order chi connectivity index (χ0) is 10.9. The van der Waals surface area contributed by atoms with E-state index in [0.717, 1.165) is 18.5 Å². The Hall–Kier alpha value is -0.640. The number of aliphatic hydroxyl groups excluding tert-OH is 1. The van der Waals surface area contributed by atoms with Crippen molar-refractivity contribution in [3.63, 3.8) is 0 Å². The predicted octanol–water partition coefficient (Wildman–Crippen LogP) is 2.21. The minimum atomic E-state index is -0.306. The van der Waals surface area contributed by atoms with Gasteiger partial charge < -0.3 is 10.4 Å². The Kier molecular flexibility index (Phi) is 4.30. The summed E-state index contributed by atoms with van der Waals surface area (Å²) in [6.45, 7) is 2.78. The van der Waals surface area contributed by atoms with E-state index in [0.29, 0.717) is 6.42 Å². The number of rotatable bonds is 1. The molecule has 0 bridgehead atoms. The lowest BCUT2D eigenvalue weighted by Gasteiger charge is -2.38. The monoisotopic (exact) mass is 245 g/mol. The standard InChI is InChI=1S/C12H16FNO.ClH/c1-12(8-11(15)5-6-14-12)9-3-2-4-10(13)7-9;/h2-4,7,11,14-15H,5-6,8H2,1H3;1H. The molecule has 1 aromatic rings. The van der Waals surface area contributed by atoms with Gasteiger partial charge in [0.25, 0.3) is 0 Å². The third-order valence-electron chi connectivity index (χ3n) is 3.10. The van der Waals surface area contributed by atoms with Crippen molar-refractivity contribution in [1.82, 2.24) is 5.32 Å². The van der Waals surface area contributed by atoms with Gasteiger partial charge in [-0.2, -0.15) is 0 Å². The molecule has 2 rings (SSSR count). The molecule has 90 valence electrons. The second-order valence-corrected chi connectivity index (χ2v) is 4.42. The summed E-state index contributed by atoms with van der Waals surface area (Å²) >= 11 is 0. The minimum absolute atomic E-state index is 0. The minimum Gasteiger partial charge on any atom is -0.393 e. The van der Waals surface area contributed by atoms with Gasteiger partial charge in [0.05, 0.1) is 6.10 Å². The normalized spacial score (nSPS) is 29.6. The van der Waals surface area contributed by atoms with Crippen molar-refractivity contribution in [1.29, 1.82) is 0 Å². The Labute approximate surface area is 101 Å². The van der Waals surface area contributed by atoms with Crippen LogP contribution in [0.1, 0.15) is 25.3 Å². The molecule has 0 amide bonds. The van der Waals surface area contributed by atoms with E-state index >= 15 is 0 Å². The summed E-state index contributed by atoms with van der Waals surface area (Å²) in [5, 5.41) is 13.0. The van der Waals surface area contributed by atoms with E-state index in [1.165, 1.54) is 12.1 Å². The van der Waals surface area contributed by atoms with Gasteiger partial charge in [0.15, 0.2) is 0 Å². The van der Waals surface area contributed by atoms with E-state index in [-0.39, 0.29) is 29.9 Å². The molecule has 1 aromatic carbocycles. The van der Waals surface area contributed by atoms with Crippen LogP contribution in [0.25, 0.3) is 0 Å². The molecule has 16 heavy (non-hydrogen) atoms. The van der Waals surface area contributed by atoms with Gasteiger partial charge in [-0.25, -0.2) is 4.39 Å². The lowest BCUT2D eigenvalue weighted by Crippen LogP contribution is -2.47. The highest BCUT2D eigenvalue weighted by Crippen LogP contribution is 2.30. The highest BCUT2D eigenvalue weighted by atomic mass is 35.5. The maximum Gasteiger partial charge on any atom is 0.123 e. The molecule has 1 aliphatic rings. The number of piperidine rings is 1. The summed E-state index contributed by atoms with van der Waals surface area (Å²) in [5.41, 5.74) is 0.598. The van der Waals surface area contributed by atoms with Crippen LogP contribution < -0.4 is 5.32 Å². The molecular formula is C12H17ClFNO. The zero-order valence-electron chi connectivity index (χ0n) is 9.24. The lowest BCUT2D eigenvalue weighted by atomic mass is 9.83. The number of nitrogens with one attached hydrogen (secondary N) is 1. The SMILES string of the molecule is CC1(c2cccc(F)c2)CC(O)CCN1.Cl. The van der Waals surface area contributed by atoms with Gasteiger partial charge in [-0.15, -0.1) is 12.4 Å². The lowest BCUT2D eigenvalue weighted by molar-refractivity contribution is 0.0834.